The second kappa shape index (κ2) is 4.88. The summed E-state index contributed by atoms with van der Waals surface area (Å²) in [5, 5.41) is 8.64. The van der Waals surface area contributed by atoms with Crippen molar-refractivity contribution in [2.45, 2.75) is 19.9 Å². The van der Waals surface area contributed by atoms with Gasteiger partial charge in [0.15, 0.2) is 5.82 Å². The van der Waals surface area contributed by atoms with Gasteiger partial charge >= 0.3 is 0 Å². The van der Waals surface area contributed by atoms with E-state index >= 15 is 0 Å². The van der Waals surface area contributed by atoms with Crippen molar-refractivity contribution in [2.24, 2.45) is 0 Å². The molecule has 2 N–H and O–H groups in total. The maximum atomic E-state index is 13.7. The van der Waals surface area contributed by atoms with Gasteiger partial charge in [-0.15, -0.1) is 5.10 Å². The van der Waals surface area contributed by atoms with Gasteiger partial charge in [-0.1, -0.05) is 18.2 Å². The van der Waals surface area contributed by atoms with Crippen LogP contribution in [0.15, 0.2) is 30.5 Å². The number of hydrogen-bond acceptors (Lipinski definition) is 4. The van der Waals surface area contributed by atoms with E-state index in [1.165, 1.54) is 12.1 Å². The quantitative estimate of drug-likeness (QED) is 0.792. The summed E-state index contributed by atoms with van der Waals surface area (Å²) in [5.74, 6) is 0.132. The number of rotatable bonds is 3. The first-order chi connectivity index (χ1) is 9.69. The summed E-state index contributed by atoms with van der Waals surface area (Å²) in [6.45, 7) is 2.38. The number of benzene rings is 1. The van der Waals surface area contributed by atoms with Crippen molar-refractivity contribution in [1.82, 2.24) is 20.0 Å². The largest absolute Gasteiger partial charge is 0.381 e. The molecule has 0 saturated heterocycles. The zero-order valence-corrected chi connectivity index (χ0v) is 11.0. The lowest BCUT2D eigenvalue weighted by Gasteiger charge is -2.08. The highest BCUT2D eigenvalue weighted by Gasteiger charge is 2.11. The molecule has 20 heavy (non-hydrogen) atoms. The summed E-state index contributed by atoms with van der Waals surface area (Å²) in [6.07, 6.45) is 2.42. The molecule has 0 aliphatic heterocycles. The Labute approximate surface area is 115 Å². The van der Waals surface area contributed by atoms with Gasteiger partial charge in [-0.2, -0.15) is 0 Å². The Hall–Kier alpha value is -2.50. The minimum atomic E-state index is -0.286. The Morgan fingerprint density at radius 3 is 3.00 bits per heavy atom. The van der Waals surface area contributed by atoms with Crippen LogP contribution in [0.1, 0.15) is 18.2 Å². The summed E-state index contributed by atoms with van der Waals surface area (Å²) < 4.78 is 15.4. The molecule has 2 heterocycles. The van der Waals surface area contributed by atoms with Gasteiger partial charge in [0.05, 0.1) is 17.8 Å². The molecule has 6 heteroatoms. The predicted octanol–water partition coefficient (Wildman–Crippen LogP) is 2.16. The minimum Gasteiger partial charge on any atom is -0.381 e. The van der Waals surface area contributed by atoms with Crippen LogP contribution in [0.2, 0.25) is 0 Å². The standard InChI is InChI=1S/C14H14FN5/c1-2-12-14(16)18-19-20(12)8-10-7-11(15)6-9-4-3-5-17-13(9)10/h3-7H,2,8,16H2,1H3. The van der Waals surface area contributed by atoms with E-state index in [1.807, 2.05) is 13.0 Å². The summed E-state index contributed by atoms with van der Waals surface area (Å²) >= 11 is 0. The highest BCUT2D eigenvalue weighted by atomic mass is 19.1. The highest BCUT2D eigenvalue weighted by Crippen LogP contribution is 2.20. The van der Waals surface area contributed by atoms with E-state index in [4.69, 9.17) is 5.73 Å². The first kappa shape index (κ1) is 12.5. The number of nitrogens with zero attached hydrogens (tertiary/aromatic N) is 4. The summed E-state index contributed by atoms with van der Waals surface area (Å²) in [4.78, 5) is 4.32. The zero-order valence-electron chi connectivity index (χ0n) is 11.0. The smallest absolute Gasteiger partial charge is 0.169 e. The van der Waals surface area contributed by atoms with Gasteiger partial charge in [0.1, 0.15) is 5.82 Å². The van der Waals surface area contributed by atoms with Gasteiger partial charge in [0.25, 0.3) is 0 Å². The fourth-order valence-electron chi connectivity index (χ4n) is 2.35. The molecule has 0 aliphatic carbocycles. The molecular weight excluding hydrogens is 257 g/mol. The summed E-state index contributed by atoms with van der Waals surface area (Å²) in [5.41, 5.74) is 8.14. The molecule has 0 atom stereocenters. The summed E-state index contributed by atoms with van der Waals surface area (Å²) in [6, 6.07) is 6.58. The zero-order chi connectivity index (χ0) is 14.1. The van der Waals surface area contributed by atoms with Crippen molar-refractivity contribution in [3.8, 4) is 0 Å². The van der Waals surface area contributed by atoms with Crippen molar-refractivity contribution in [3.63, 3.8) is 0 Å². The number of anilines is 1. The number of nitrogen functional groups attached to an aromatic ring is 1. The Bertz CT molecular complexity index is 765. The maximum Gasteiger partial charge on any atom is 0.169 e. The second-order valence-electron chi connectivity index (χ2n) is 4.57. The fourth-order valence-corrected chi connectivity index (χ4v) is 2.35. The van der Waals surface area contributed by atoms with Gasteiger partial charge in [-0.05, 0) is 24.6 Å². The van der Waals surface area contributed by atoms with Crippen LogP contribution in [0.4, 0.5) is 10.2 Å². The van der Waals surface area contributed by atoms with Gasteiger partial charge in [0.2, 0.25) is 0 Å². The van der Waals surface area contributed by atoms with E-state index in [-0.39, 0.29) is 5.82 Å². The Balaban J connectivity index is 2.10. The number of pyridine rings is 1. The Kier molecular flexibility index (Phi) is 3.06. The molecule has 0 amide bonds. The van der Waals surface area contributed by atoms with Crippen LogP contribution in [0.25, 0.3) is 10.9 Å². The molecule has 2 aromatic heterocycles. The van der Waals surface area contributed by atoms with Crippen molar-refractivity contribution >= 4 is 16.7 Å². The highest BCUT2D eigenvalue weighted by molar-refractivity contribution is 5.81. The molecule has 102 valence electrons. The van der Waals surface area contributed by atoms with E-state index in [0.29, 0.717) is 12.4 Å². The molecule has 0 bridgehead atoms. The molecule has 0 spiro atoms. The Morgan fingerprint density at radius 2 is 2.20 bits per heavy atom. The normalized spacial score (nSPS) is 11.1. The SMILES string of the molecule is CCc1c(N)nnn1Cc1cc(F)cc2cccnc12. The van der Waals surface area contributed by atoms with Crippen molar-refractivity contribution in [1.29, 1.82) is 0 Å². The molecule has 0 radical (unpaired) electrons. The van der Waals surface area contributed by atoms with Crippen LogP contribution in [0.3, 0.4) is 0 Å². The van der Waals surface area contributed by atoms with E-state index in [1.54, 1.807) is 16.9 Å². The third kappa shape index (κ3) is 2.09. The van der Waals surface area contributed by atoms with Crippen LogP contribution in [-0.4, -0.2) is 20.0 Å². The number of nitrogens with two attached hydrogens (primary N) is 1. The molecule has 5 nitrogen and oxygen atoms in total. The van der Waals surface area contributed by atoms with E-state index in [9.17, 15) is 4.39 Å². The van der Waals surface area contributed by atoms with Crippen LogP contribution < -0.4 is 5.73 Å². The molecule has 0 unspecified atom stereocenters. The topological polar surface area (TPSA) is 69.6 Å². The lowest BCUT2D eigenvalue weighted by atomic mass is 10.1. The fraction of sp³-hybridized carbons (Fsp3) is 0.214. The first-order valence-electron chi connectivity index (χ1n) is 6.40. The maximum absolute atomic E-state index is 13.7. The first-order valence-corrected chi connectivity index (χ1v) is 6.40. The van der Waals surface area contributed by atoms with E-state index in [0.717, 1.165) is 28.6 Å². The summed E-state index contributed by atoms with van der Waals surface area (Å²) in [7, 11) is 0. The van der Waals surface area contributed by atoms with Gasteiger partial charge in [-0.25, -0.2) is 9.07 Å². The third-order valence-corrected chi connectivity index (χ3v) is 3.27. The monoisotopic (exact) mass is 271 g/mol. The second-order valence-corrected chi connectivity index (χ2v) is 4.57. The molecule has 1 aromatic carbocycles. The molecule has 0 fully saturated rings. The van der Waals surface area contributed by atoms with Crippen molar-refractivity contribution < 1.29 is 4.39 Å². The average molecular weight is 271 g/mol. The van der Waals surface area contributed by atoms with Crippen LogP contribution in [0.5, 0.6) is 0 Å². The van der Waals surface area contributed by atoms with E-state index in [2.05, 4.69) is 15.3 Å². The van der Waals surface area contributed by atoms with Gasteiger partial charge in [-0.3, -0.25) is 4.98 Å². The van der Waals surface area contributed by atoms with Crippen molar-refractivity contribution in [2.75, 3.05) is 5.73 Å². The van der Waals surface area contributed by atoms with Crippen LogP contribution in [0, 0.1) is 5.82 Å². The van der Waals surface area contributed by atoms with Crippen LogP contribution >= 0.6 is 0 Å². The number of hydrogen-bond donors (Lipinski definition) is 1. The van der Waals surface area contributed by atoms with Crippen LogP contribution in [-0.2, 0) is 13.0 Å². The number of fused-ring (bicyclic) bond motifs is 1. The third-order valence-electron chi connectivity index (χ3n) is 3.27. The predicted molar refractivity (Wildman–Crippen MR) is 74.6 cm³/mol. The number of aromatic nitrogens is 4. The van der Waals surface area contributed by atoms with Gasteiger partial charge in [0, 0.05) is 17.1 Å². The molecule has 3 aromatic rings. The number of halogens is 1. The minimum absolute atomic E-state index is 0.286. The van der Waals surface area contributed by atoms with E-state index < -0.39 is 0 Å². The van der Waals surface area contributed by atoms with Crippen molar-refractivity contribution in [3.05, 3.63) is 47.5 Å². The molecule has 3 rings (SSSR count). The average Bonchev–Trinajstić information content (AvgIpc) is 2.79. The lowest BCUT2D eigenvalue weighted by molar-refractivity contribution is 0.607. The Morgan fingerprint density at radius 1 is 1.35 bits per heavy atom. The van der Waals surface area contributed by atoms with Gasteiger partial charge < -0.3 is 5.73 Å². The lowest BCUT2D eigenvalue weighted by Crippen LogP contribution is -2.08. The molecule has 0 saturated carbocycles. The molecular formula is C14H14FN5. The molecule has 0 aliphatic rings.